The van der Waals surface area contributed by atoms with Gasteiger partial charge < -0.3 is 0 Å². The number of rotatable bonds is 0. The first-order chi connectivity index (χ1) is 4.70. The fourth-order valence-corrected chi connectivity index (χ4v) is 0.740. The van der Waals surface area contributed by atoms with Crippen LogP contribution in [0.2, 0.25) is 0 Å². The highest BCUT2D eigenvalue weighted by molar-refractivity contribution is 5.05. The maximum Gasteiger partial charge on any atom is 0.0596 e. The SMILES string of the molecule is C=C.Cc1cc(C)n(C)n1. The molecule has 2 nitrogen and oxygen atoms in total. The fourth-order valence-electron chi connectivity index (χ4n) is 0.740. The van der Waals surface area contributed by atoms with Gasteiger partial charge in [0.05, 0.1) is 5.69 Å². The van der Waals surface area contributed by atoms with E-state index < -0.39 is 0 Å². The topological polar surface area (TPSA) is 17.8 Å². The summed E-state index contributed by atoms with van der Waals surface area (Å²) in [5.74, 6) is 0. The molecule has 0 saturated heterocycles. The summed E-state index contributed by atoms with van der Waals surface area (Å²) < 4.78 is 1.87. The second-order valence-electron chi connectivity index (χ2n) is 2.05. The number of hydrogen-bond donors (Lipinski definition) is 0. The molecule has 10 heavy (non-hydrogen) atoms. The van der Waals surface area contributed by atoms with Crippen LogP contribution in [-0.4, -0.2) is 9.78 Å². The van der Waals surface area contributed by atoms with Crippen LogP contribution < -0.4 is 0 Å². The largest absolute Gasteiger partial charge is 0.273 e. The van der Waals surface area contributed by atoms with E-state index >= 15 is 0 Å². The van der Waals surface area contributed by atoms with Gasteiger partial charge in [-0.15, -0.1) is 13.2 Å². The Morgan fingerprint density at radius 3 is 2.00 bits per heavy atom. The molecule has 0 bridgehead atoms. The highest BCUT2D eigenvalue weighted by atomic mass is 15.3. The number of hydrogen-bond acceptors (Lipinski definition) is 1. The normalized spacial score (nSPS) is 8.30. The van der Waals surface area contributed by atoms with Crippen LogP contribution in [0.5, 0.6) is 0 Å². The molecular formula is C8H14N2. The predicted octanol–water partition coefficient (Wildman–Crippen LogP) is 1.84. The maximum absolute atomic E-state index is 4.13. The Morgan fingerprint density at radius 1 is 1.40 bits per heavy atom. The summed E-state index contributed by atoms with van der Waals surface area (Å²) in [6.45, 7) is 10.0. The Morgan fingerprint density at radius 2 is 1.90 bits per heavy atom. The van der Waals surface area contributed by atoms with Gasteiger partial charge in [-0.05, 0) is 19.9 Å². The van der Waals surface area contributed by atoms with Crippen molar-refractivity contribution in [3.05, 3.63) is 30.6 Å². The van der Waals surface area contributed by atoms with E-state index in [-0.39, 0.29) is 0 Å². The molecule has 0 aliphatic heterocycles. The molecule has 0 N–H and O–H groups in total. The molecule has 1 aromatic rings. The molecule has 0 unspecified atom stereocenters. The Hall–Kier alpha value is -1.05. The summed E-state index contributed by atoms with van der Waals surface area (Å²) in [5.41, 5.74) is 2.30. The van der Waals surface area contributed by atoms with Crippen LogP contribution in [-0.2, 0) is 7.05 Å². The molecule has 0 aromatic carbocycles. The molecule has 2 heteroatoms. The molecular weight excluding hydrogens is 124 g/mol. The van der Waals surface area contributed by atoms with E-state index in [2.05, 4.69) is 24.3 Å². The van der Waals surface area contributed by atoms with E-state index in [0.717, 1.165) is 5.69 Å². The Labute approximate surface area is 62.2 Å². The maximum atomic E-state index is 4.13. The standard InChI is InChI=1S/C6H10N2.C2H4/c1-5-4-6(2)8(3)7-5;1-2/h4H,1-3H3;1-2H2. The quantitative estimate of drug-likeness (QED) is 0.500. The van der Waals surface area contributed by atoms with Gasteiger partial charge in [0.15, 0.2) is 0 Å². The van der Waals surface area contributed by atoms with Gasteiger partial charge in [0.25, 0.3) is 0 Å². The average molecular weight is 138 g/mol. The minimum absolute atomic E-state index is 1.09. The average Bonchev–Trinajstić information content (AvgIpc) is 2.16. The van der Waals surface area contributed by atoms with E-state index in [1.807, 2.05) is 25.6 Å². The molecule has 0 radical (unpaired) electrons. The molecule has 0 aliphatic rings. The zero-order chi connectivity index (χ0) is 8.15. The van der Waals surface area contributed by atoms with Crippen LogP contribution in [0, 0.1) is 13.8 Å². The second kappa shape index (κ2) is 3.88. The van der Waals surface area contributed by atoms with Gasteiger partial charge in [0, 0.05) is 12.7 Å². The van der Waals surface area contributed by atoms with Gasteiger partial charge in [-0.25, -0.2) is 0 Å². The van der Waals surface area contributed by atoms with Gasteiger partial charge >= 0.3 is 0 Å². The lowest BCUT2D eigenvalue weighted by Crippen LogP contribution is -1.91. The Balaban J connectivity index is 0.000000371. The van der Waals surface area contributed by atoms with E-state index in [1.165, 1.54) is 5.69 Å². The van der Waals surface area contributed by atoms with Crippen LogP contribution in [0.4, 0.5) is 0 Å². The monoisotopic (exact) mass is 138 g/mol. The van der Waals surface area contributed by atoms with E-state index in [0.29, 0.717) is 0 Å². The van der Waals surface area contributed by atoms with Crippen molar-refractivity contribution in [1.82, 2.24) is 9.78 Å². The summed E-state index contributed by atoms with van der Waals surface area (Å²) in [6, 6.07) is 2.06. The van der Waals surface area contributed by atoms with Gasteiger partial charge in [-0.2, -0.15) is 5.10 Å². The van der Waals surface area contributed by atoms with Gasteiger partial charge in [0.1, 0.15) is 0 Å². The first kappa shape index (κ1) is 8.95. The Bertz CT molecular complexity index is 182. The van der Waals surface area contributed by atoms with Gasteiger partial charge in [0.2, 0.25) is 0 Å². The van der Waals surface area contributed by atoms with Crippen molar-refractivity contribution in [3.8, 4) is 0 Å². The zero-order valence-electron chi connectivity index (χ0n) is 6.89. The highest BCUT2D eigenvalue weighted by Crippen LogP contribution is 1.96. The molecule has 0 atom stereocenters. The lowest BCUT2D eigenvalue weighted by Gasteiger charge is -1.87. The van der Waals surface area contributed by atoms with Gasteiger partial charge in [-0.1, -0.05) is 0 Å². The van der Waals surface area contributed by atoms with Crippen LogP contribution in [0.1, 0.15) is 11.4 Å². The number of aryl methyl sites for hydroxylation is 3. The van der Waals surface area contributed by atoms with Crippen molar-refractivity contribution in [3.63, 3.8) is 0 Å². The number of nitrogens with zero attached hydrogens (tertiary/aromatic N) is 2. The van der Waals surface area contributed by atoms with E-state index in [1.54, 1.807) is 0 Å². The summed E-state index contributed by atoms with van der Waals surface area (Å²) in [7, 11) is 1.95. The summed E-state index contributed by atoms with van der Waals surface area (Å²) in [6.07, 6.45) is 0. The fraction of sp³-hybridized carbons (Fsp3) is 0.375. The number of aromatic nitrogens is 2. The summed E-state index contributed by atoms with van der Waals surface area (Å²) in [4.78, 5) is 0. The van der Waals surface area contributed by atoms with E-state index in [4.69, 9.17) is 0 Å². The van der Waals surface area contributed by atoms with Crippen molar-refractivity contribution in [2.45, 2.75) is 13.8 Å². The summed E-state index contributed by atoms with van der Waals surface area (Å²) >= 11 is 0. The van der Waals surface area contributed by atoms with Crippen molar-refractivity contribution in [1.29, 1.82) is 0 Å². The third-order valence-electron chi connectivity index (χ3n) is 1.24. The van der Waals surface area contributed by atoms with Crippen molar-refractivity contribution >= 4 is 0 Å². The molecule has 1 heterocycles. The molecule has 0 aliphatic carbocycles. The summed E-state index contributed by atoms with van der Waals surface area (Å²) in [5, 5.41) is 4.13. The van der Waals surface area contributed by atoms with E-state index in [9.17, 15) is 0 Å². The third kappa shape index (κ3) is 2.05. The molecule has 1 rings (SSSR count). The molecule has 0 amide bonds. The van der Waals surface area contributed by atoms with Crippen LogP contribution in [0.3, 0.4) is 0 Å². The molecule has 56 valence electrons. The van der Waals surface area contributed by atoms with Gasteiger partial charge in [-0.3, -0.25) is 4.68 Å². The Kier molecular flexibility index (Phi) is 3.47. The molecule has 1 aromatic heterocycles. The first-order valence-corrected chi connectivity index (χ1v) is 3.17. The van der Waals surface area contributed by atoms with Crippen molar-refractivity contribution in [2.24, 2.45) is 7.05 Å². The second-order valence-corrected chi connectivity index (χ2v) is 2.05. The third-order valence-corrected chi connectivity index (χ3v) is 1.24. The smallest absolute Gasteiger partial charge is 0.0596 e. The van der Waals surface area contributed by atoms with Crippen LogP contribution >= 0.6 is 0 Å². The molecule has 0 saturated carbocycles. The minimum atomic E-state index is 1.09. The van der Waals surface area contributed by atoms with Crippen LogP contribution in [0.25, 0.3) is 0 Å². The van der Waals surface area contributed by atoms with Crippen molar-refractivity contribution in [2.75, 3.05) is 0 Å². The minimum Gasteiger partial charge on any atom is -0.273 e. The highest BCUT2D eigenvalue weighted by Gasteiger charge is 1.91. The lowest BCUT2D eigenvalue weighted by molar-refractivity contribution is 0.731. The molecule has 0 spiro atoms. The van der Waals surface area contributed by atoms with Crippen LogP contribution in [0.15, 0.2) is 19.2 Å². The van der Waals surface area contributed by atoms with Crippen molar-refractivity contribution < 1.29 is 0 Å². The first-order valence-electron chi connectivity index (χ1n) is 3.17. The lowest BCUT2D eigenvalue weighted by atomic mass is 10.4. The predicted molar refractivity (Wildman–Crippen MR) is 43.9 cm³/mol. The zero-order valence-corrected chi connectivity index (χ0v) is 6.89. The molecule has 0 fully saturated rings.